The third-order valence-corrected chi connectivity index (χ3v) is 4.35. The van der Waals surface area contributed by atoms with Gasteiger partial charge in [0, 0.05) is 16.6 Å². The summed E-state index contributed by atoms with van der Waals surface area (Å²) in [5.74, 6) is 1.57. The van der Waals surface area contributed by atoms with Gasteiger partial charge >= 0.3 is 0 Å². The monoisotopic (exact) mass is 325 g/mol. The van der Waals surface area contributed by atoms with E-state index in [1.807, 2.05) is 18.2 Å². The molecule has 4 rings (SSSR count). The Labute approximate surface area is 138 Å². The van der Waals surface area contributed by atoms with Crippen LogP contribution in [0.5, 0.6) is 5.75 Å². The number of benzene rings is 2. The molecule has 3 N–H and O–H groups in total. The molecule has 4 nitrogen and oxygen atoms in total. The number of halogens is 1. The molecule has 1 heterocycles. The third-order valence-electron chi connectivity index (χ3n) is 4.05. The lowest BCUT2D eigenvalue weighted by molar-refractivity contribution is 0.415. The van der Waals surface area contributed by atoms with E-state index < -0.39 is 0 Å². The summed E-state index contributed by atoms with van der Waals surface area (Å²) in [6.45, 7) is 2.10. The molecule has 23 heavy (non-hydrogen) atoms. The van der Waals surface area contributed by atoms with Gasteiger partial charge in [-0.25, -0.2) is 0 Å². The first-order valence-electron chi connectivity index (χ1n) is 7.35. The highest BCUT2D eigenvalue weighted by molar-refractivity contribution is 6.32. The van der Waals surface area contributed by atoms with Crippen LogP contribution in [0.3, 0.4) is 0 Å². The number of nitrogens with one attached hydrogen (secondary N) is 3. The average Bonchev–Trinajstić information content (AvgIpc) is 3.08. The molecule has 5 heteroatoms. The van der Waals surface area contributed by atoms with Crippen LogP contribution in [0.15, 0.2) is 42.5 Å². The van der Waals surface area contributed by atoms with Gasteiger partial charge in [0.1, 0.15) is 11.6 Å². The first kappa shape index (κ1) is 14.0. The largest absolute Gasteiger partial charge is 0.495 e. The van der Waals surface area contributed by atoms with Gasteiger partial charge in [0.05, 0.1) is 17.8 Å². The standard InChI is InChI=1S/C18H16ClN3O/c1-10-3-4-11-8-14-17(13(11)7-10)21-22-18(14)20-12-5-6-16(23-2)15(19)9-12/h3-9,20-22H,1-2H3. The van der Waals surface area contributed by atoms with Crippen LogP contribution in [-0.4, -0.2) is 17.3 Å². The van der Waals surface area contributed by atoms with Gasteiger partial charge in [-0.3, -0.25) is 10.2 Å². The van der Waals surface area contributed by atoms with Crippen molar-refractivity contribution in [3.63, 3.8) is 0 Å². The van der Waals surface area contributed by atoms with Crippen LogP contribution in [0.1, 0.15) is 5.56 Å². The third kappa shape index (κ3) is 2.32. The Balaban J connectivity index is 1.73. The fourth-order valence-electron chi connectivity index (χ4n) is 2.90. The predicted molar refractivity (Wildman–Crippen MR) is 95.3 cm³/mol. The van der Waals surface area contributed by atoms with Crippen LogP contribution in [0, 0.1) is 6.92 Å². The van der Waals surface area contributed by atoms with Crippen LogP contribution >= 0.6 is 11.6 Å². The number of H-pyrrole nitrogens is 2. The highest BCUT2D eigenvalue weighted by atomic mass is 35.5. The molecule has 0 spiro atoms. The fraction of sp³-hybridized carbons (Fsp3) is 0.111. The molecule has 1 aliphatic heterocycles. The van der Waals surface area contributed by atoms with E-state index in [4.69, 9.17) is 16.3 Å². The van der Waals surface area contributed by atoms with Crippen LogP contribution < -0.4 is 10.1 Å². The van der Waals surface area contributed by atoms with Crippen molar-refractivity contribution in [2.45, 2.75) is 6.92 Å². The summed E-state index contributed by atoms with van der Waals surface area (Å²) in [5.41, 5.74) is 4.37. The van der Waals surface area contributed by atoms with Gasteiger partial charge in [-0.2, -0.15) is 0 Å². The van der Waals surface area contributed by atoms with E-state index in [-0.39, 0.29) is 0 Å². The van der Waals surface area contributed by atoms with E-state index in [2.05, 4.69) is 46.7 Å². The number of aryl methyl sites for hydroxylation is 1. The Morgan fingerprint density at radius 1 is 1.04 bits per heavy atom. The quantitative estimate of drug-likeness (QED) is 0.478. The van der Waals surface area contributed by atoms with Crippen molar-refractivity contribution in [3.8, 4) is 17.0 Å². The lowest BCUT2D eigenvalue weighted by Gasteiger charge is -2.08. The number of anilines is 2. The van der Waals surface area contributed by atoms with E-state index in [0.717, 1.165) is 22.8 Å². The number of rotatable bonds is 3. The van der Waals surface area contributed by atoms with Gasteiger partial charge in [-0.1, -0.05) is 29.3 Å². The number of hydrogen-bond donors (Lipinski definition) is 3. The van der Waals surface area contributed by atoms with E-state index in [0.29, 0.717) is 10.8 Å². The maximum absolute atomic E-state index is 6.19. The molecule has 0 atom stereocenters. The van der Waals surface area contributed by atoms with Crippen molar-refractivity contribution in [2.24, 2.45) is 0 Å². The summed E-state index contributed by atoms with van der Waals surface area (Å²) < 4.78 is 5.18. The minimum atomic E-state index is 0.576. The van der Waals surface area contributed by atoms with E-state index in [1.54, 1.807) is 7.11 Å². The Bertz CT molecular complexity index is 970. The summed E-state index contributed by atoms with van der Waals surface area (Å²) in [6, 6.07) is 14.3. The summed E-state index contributed by atoms with van der Waals surface area (Å²) in [4.78, 5) is 0. The first-order valence-corrected chi connectivity index (χ1v) is 7.73. The summed E-state index contributed by atoms with van der Waals surface area (Å²) in [6.07, 6.45) is 0. The molecule has 0 radical (unpaired) electrons. The zero-order chi connectivity index (χ0) is 16.0. The molecule has 0 fully saturated rings. The van der Waals surface area contributed by atoms with E-state index >= 15 is 0 Å². The van der Waals surface area contributed by atoms with Crippen molar-refractivity contribution >= 4 is 33.9 Å². The van der Waals surface area contributed by atoms with E-state index in [1.165, 1.54) is 16.3 Å². The summed E-state index contributed by atoms with van der Waals surface area (Å²) in [5, 5.41) is 12.8. The maximum Gasteiger partial charge on any atom is 0.137 e. The zero-order valence-electron chi connectivity index (χ0n) is 12.8. The lowest BCUT2D eigenvalue weighted by atomic mass is 10.1. The fourth-order valence-corrected chi connectivity index (χ4v) is 3.15. The number of fused-ring (bicyclic) bond motifs is 3. The molecule has 0 saturated heterocycles. The normalized spacial score (nSPS) is 11.3. The van der Waals surface area contributed by atoms with Crippen molar-refractivity contribution in [3.05, 3.63) is 53.1 Å². The first-order chi connectivity index (χ1) is 11.2. The van der Waals surface area contributed by atoms with Crippen LogP contribution in [-0.2, 0) is 0 Å². The van der Waals surface area contributed by atoms with Gasteiger partial charge in [-0.15, -0.1) is 0 Å². The molecule has 0 unspecified atom stereocenters. The smallest absolute Gasteiger partial charge is 0.137 e. The van der Waals surface area contributed by atoms with E-state index in [9.17, 15) is 0 Å². The Hall–Kier alpha value is -2.59. The molecule has 2 aromatic carbocycles. The number of aromatic amines is 2. The molecule has 116 valence electrons. The van der Waals surface area contributed by atoms with Crippen LogP contribution in [0.4, 0.5) is 11.5 Å². The molecule has 0 aromatic heterocycles. The maximum atomic E-state index is 6.19. The van der Waals surface area contributed by atoms with Gasteiger partial charge in [0.2, 0.25) is 0 Å². The Morgan fingerprint density at radius 3 is 2.70 bits per heavy atom. The molecule has 1 aliphatic carbocycles. The van der Waals surface area contributed by atoms with Gasteiger partial charge in [0.25, 0.3) is 0 Å². The number of methoxy groups -OCH3 is 1. The average molecular weight is 326 g/mol. The Kier molecular flexibility index (Phi) is 3.20. The molecule has 2 aromatic rings. The summed E-state index contributed by atoms with van der Waals surface area (Å²) in [7, 11) is 1.61. The summed E-state index contributed by atoms with van der Waals surface area (Å²) >= 11 is 6.19. The predicted octanol–water partition coefficient (Wildman–Crippen LogP) is 5.31. The van der Waals surface area contributed by atoms with Crippen molar-refractivity contribution < 1.29 is 4.74 Å². The van der Waals surface area contributed by atoms with Gasteiger partial charge in [-0.05, 0) is 42.6 Å². The molecular weight excluding hydrogens is 310 g/mol. The second-order valence-electron chi connectivity index (χ2n) is 5.62. The molecule has 2 aliphatic rings. The molecule has 0 saturated carbocycles. The minimum absolute atomic E-state index is 0.576. The van der Waals surface area contributed by atoms with Gasteiger partial charge in [0.15, 0.2) is 0 Å². The zero-order valence-corrected chi connectivity index (χ0v) is 13.6. The Morgan fingerprint density at radius 2 is 1.91 bits per heavy atom. The SMILES string of the molecule is COc1ccc(Nc2[nH][nH]c3c4cc(C)ccc4cc2-3)cc1Cl. The molecule has 0 bridgehead atoms. The lowest BCUT2D eigenvalue weighted by Crippen LogP contribution is -1.92. The minimum Gasteiger partial charge on any atom is -0.495 e. The van der Waals surface area contributed by atoms with Gasteiger partial charge < -0.3 is 10.1 Å². The second-order valence-corrected chi connectivity index (χ2v) is 6.03. The topological polar surface area (TPSA) is 52.8 Å². The number of aromatic nitrogens is 2. The highest BCUT2D eigenvalue weighted by Gasteiger charge is 2.17. The van der Waals surface area contributed by atoms with Crippen LogP contribution in [0.25, 0.3) is 22.0 Å². The van der Waals surface area contributed by atoms with Crippen molar-refractivity contribution in [1.82, 2.24) is 10.2 Å². The number of hydrogen-bond acceptors (Lipinski definition) is 2. The van der Waals surface area contributed by atoms with Crippen LogP contribution in [0.2, 0.25) is 5.02 Å². The highest BCUT2D eigenvalue weighted by Crippen LogP contribution is 2.39. The van der Waals surface area contributed by atoms with Crippen molar-refractivity contribution in [1.29, 1.82) is 0 Å². The number of ether oxygens (including phenoxy) is 1. The molecular formula is C18H16ClN3O. The second kappa shape index (κ2) is 5.25. The molecule has 0 amide bonds. The van der Waals surface area contributed by atoms with Crippen molar-refractivity contribution in [2.75, 3.05) is 12.4 Å².